The minimum Gasteiger partial charge on any atom is -0.490 e. The first kappa shape index (κ1) is 13.9. The molecule has 1 atom stereocenters. The molecule has 0 aromatic heterocycles. The fourth-order valence-corrected chi connectivity index (χ4v) is 2.15. The van der Waals surface area contributed by atoms with Gasteiger partial charge < -0.3 is 9.47 Å². The van der Waals surface area contributed by atoms with Gasteiger partial charge in [0.15, 0.2) is 0 Å². The Labute approximate surface area is 114 Å². The quantitative estimate of drug-likeness (QED) is 0.703. The number of esters is 1. The minimum atomic E-state index is -0.173. The van der Waals surface area contributed by atoms with Crippen LogP contribution in [-0.2, 0) is 9.53 Å². The molecule has 1 aromatic carbocycles. The van der Waals surface area contributed by atoms with E-state index in [1.807, 2.05) is 24.3 Å². The third kappa shape index (κ3) is 3.98. The van der Waals surface area contributed by atoms with Crippen molar-refractivity contribution in [2.45, 2.75) is 51.0 Å². The van der Waals surface area contributed by atoms with Gasteiger partial charge in [-0.3, -0.25) is 4.79 Å². The number of hydrogen-bond acceptors (Lipinski definition) is 3. The van der Waals surface area contributed by atoms with Crippen molar-refractivity contribution in [1.82, 2.24) is 0 Å². The van der Waals surface area contributed by atoms with E-state index in [-0.39, 0.29) is 11.9 Å². The van der Waals surface area contributed by atoms with Crippen LogP contribution in [0.1, 0.15) is 50.5 Å². The fourth-order valence-electron chi connectivity index (χ4n) is 2.15. The smallest absolute Gasteiger partial charge is 0.313 e. The van der Waals surface area contributed by atoms with E-state index in [4.69, 9.17) is 9.47 Å². The van der Waals surface area contributed by atoms with E-state index in [0.717, 1.165) is 43.4 Å². The first-order valence-electron chi connectivity index (χ1n) is 7.09. The number of carbonyl (C=O) groups excluding carboxylic acids is 1. The van der Waals surface area contributed by atoms with Gasteiger partial charge in [0.1, 0.15) is 5.75 Å². The molecule has 1 saturated carbocycles. The van der Waals surface area contributed by atoms with Crippen molar-refractivity contribution in [2.75, 3.05) is 7.11 Å². The Morgan fingerprint density at radius 1 is 1.42 bits per heavy atom. The Balaban J connectivity index is 2.11. The molecule has 1 fully saturated rings. The topological polar surface area (TPSA) is 35.5 Å². The van der Waals surface area contributed by atoms with Crippen LogP contribution in [0.5, 0.6) is 5.75 Å². The average molecular weight is 262 g/mol. The number of carbonyl (C=O) groups is 1. The minimum absolute atomic E-state index is 0.156. The summed E-state index contributed by atoms with van der Waals surface area (Å²) in [5.41, 5.74) is 0.999. The zero-order valence-corrected chi connectivity index (χ0v) is 11.7. The van der Waals surface area contributed by atoms with Gasteiger partial charge in [0.25, 0.3) is 0 Å². The van der Waals surface area contributed by atoms with Gasteiger partial charge in [0.2, 0.25) is 0 Å². The molecule has 2 rings (SSSR count). The Kier molecular flexibility index (Phi) is 4.83. The predicted octanol–water partition coefficient (Wildman–Crippen LogP) is 3.67. The van der Waals surface area contributed by atoms with Gasteiger partial charge in [-0.1, -0.05) is 31.9 Å². The molecule has 19 heavy (non-hydrogen) atoms. The highest BCUT2D eigenvalue weighted by molar-refractivity contribution is 5.78. The summed E-state index contributed by atoms with van der Waals surface area (Å²) in [4.78, 5) is 11.9. The second-order valence-electron chi connectivity index (χ2n) is 5.11. The molecule has 1 aliphatic carbocycles. The zero-order chi connectivity index (χ0) is 13.7. The summed E-state index contributed by atoms with van der Waals surface area (Å²) in [5, 5.41) is 0. The third-order valence-corrected chi connectivity index (χ3v) is 3.42. The maximum absolute atomic E-state index is 11.9. The van der Waals surface area contributed by atoms with Crippen molar-refractivity contribution in [3.63, 3.8) is 0 Å². The molecule has 0 amide bonds. The monoisotopic (exact) mass is 262 g/mol. The van der Waals surface area contributed by atoms with Gasteiger partial charge in [0.05, 0.1) is 19.1 Å². The highest BCUT2D eigenvalue weighted by atomic mass is 16.5. The van der Waals surface area contributed by atoms with Crippen molar-refractivity contribution >= 4 is 5.97 Å². The summed E-state index contributed by atoms with van der Waals surface area (Å²) < 4.78 is 10.7. The van der Waals surface area contributed by atoms with E-state index in [1.54, 1.807) is 0 Å². The molecule has 0 spiro atoms. The van der Waals surface area contributed by atoms with E-state index in [2.05, 4.69) is 6.92 Å². The Hall–Kier alpha value is -1.51. The molecule has 1 aliphatic rings. The Morgan fingerprint density at radius 3 is 2.84 bits per heavy atom. The van der Waals surface area contributed by atoms with E-state index in [1.165, 1.54) is 7.11 Å². The lowest BCUT2D eigenvalue weighted by molar-refractivity contribution is -0.142. The van der Waals surface area contributed by atoms with Crippen molar-refractivity contribution < 1.29 is 14.3 Å². The van der Waals surface area contributed by atoms with Crippen molar-refractivity contribution in [2.24, 2.45) is 0 Å². The summed E-state index contributed by atoms with van der Waals surface area (Å²) in [6, 6.07) is 7.87. The second-order valence-corrected chi connectivity index (χ2v) is 5.11. The molecule has 3 heteroatoms. The van der Waals surface area contributed by atoms with Crippen molar-refractivity contribution in [3.8, 4) is 5.75 Å². The lowest BCUT2D eigenvalue weighted by atomic mass is 9.93. The molecule has 104 valence electrons. The molecule has 1 aromatic rings. The second kappa shape index (κ2) is 6.60. The highest BCUT2D eigenvalue weighted by Gasteiger charge is 2.25. The number of ether oxygens (including phenoxy) is 2. The first-order valence-corrected chi connectivity index (χ1v) is 7.09. The fraction of sp³-hybridized carbons (Fsp3) is 0.562. The number of unbranched alkanes of at least 4 members (excludes halogenated alkanes) is 1. The van der Waals surface area contributed by atoms with Crippen LogP contribution in [0.25, 0.3) is 0 Å². The van der Waals surface area contributed by atoms with Gasteiger partial charge in [-0.15, -0.1) is 0 Å². The maximum atomic E-state index is 11.9. The van der Waals surface area contributed by atoms with Gasteiger partial charge >= 0.3 is 5.97 Å². The largest absolute Gasteiger partial charge is 0.490 e. The number of hydrogen-bond donors (Lipinski definition) is 0. The average Bonchev–Trinajstić information content (AvgIpc) is 3.23. The molecule has 0 N–H and O–H groups in total. The highest BCUT2D eigenvalue weighted by Crippen LogP contribution is 2.30. The van der Waals surface area contributed by atoms with Crippen LogP contribution in [0.2, 0.25) is 0 Å². The van der Waals surface area contributed by atoms with Crippen LogP contribution < -0.4 is 4.74 Å². The van der Waals surface area contributed by atoms with Gasteiger partial charge in [0, 0.05) is 0 Å². The molecule has 0 aliphatic heterocycles. The van der Waals surface area contributed by atoms with E-state index < -0.39 is 0 Å². The van der Waals surface area contributed by atoms with Crippen molar-refractivity contribution in [3.05, 3.63) is 29.8 Å². The number of benzene rings is 1. The molecule has 0 heterocycles. The molecular weight excluding hydrogens is 240 g/mol. The van der Waals surface area contributed by atoms with Gasteiger partial charge in [-0.2, -0.15) is 0 Å². The predicted molar refractivity (Wildman–Crippen MR) is 74.4 cm³/mol. The lowest BCUT2D eigenvalue weighted by Crippen LogP contribution is -2.14. The summed E-state index contributed by atoms with van der Waals surface area (Å²) in [5.74, 6) is 0.537. The van der Waals surface area contributed by atoms with Crippen LogP contribution in [0.4, 0.5) is 0 Å². The molecule has 1 unspecified atom stereocenters. The number of rotatable bonds is 7. The van der Waals surface area contributed by atoms with Crippen LogP contribution in [-0.4, -0.2) is 19.2 Å². The summed E-state index contributed by atoms with van der Waals surface area (Å²) in [6.45, 7) is 2.13. The molecular formula is C16H22O3. The Bertz CT molecular complexity index is 424. The lowest BCUT2D eigenvalue weighted by Gasteiger charge is -2.15. The molecule has 0 bridgehead atoms. The molecule has 0 radical (unpaired) electrons. The van der Waals surface area contributed by atoms with E-state index in [0.29, 0.717) is 6.10 Å². The van der Waals surface area contributed by atoms with Crippen molar-refractivity contribution in [1.29, 1.82) is 0 Å². The van der Waals surface area contributed by atoms with Gasteiger partial charge in [-0.05, 0) is 37.0 Å². The molecule has 0 saturated heterocycles. The summed E-state index contributed by atoms with van der Waals surface area (Å²) in [6.07, 6.45) is 5.58. The molecule has 3 nitrogen and oxygen atoms in total. The normalized spacial score (nSPS) is 15.9. The standard InChI is InChI=1S/C16H22O3/c1-3-4-8-15(16(17)18-2)12-6-5-7-14(11-12)19-13-9-10-13/h5-7,11,13,15H,3-4,8-10H2,1-2H3. The summed E-state index contributed by atoms with van der Waals surface area (Å²) >= 11 is 0. The van der Waals surface area contributed by atoms with Crippen LogP contribution >= 0.6 is 0 Å². The zero-order valence-electron chi connectivity index (χ0n) is 11.7. The van der Waals surface area contributed by atoms with Crippen LogP contribution in [0.15, 0.2) is 24.3 Å². The SMILES string of the molecule is CCCCC(C(=O)OC)c1cccc(OC2CC2)c1. The van der Waals surface area contributed by atoms with Gasteiger partial charge in [-0.25, -0.2) is 0 Å². The summed E-state index contributed by atoms with van der Waals surface area (Å²) in [7, 11) is 1.45. The van der Waals surface area contributed by atoms with Crippen LogP contribution in [0, 0.1) is 0 Å². The van der Waals surface area contributed by atoms with E-state index >= 15 is 0 Å². The number of methoxy groups -OCH3 is 1. The maximum Gasteiger partial charge on any atom is 0.313 e. The van der Waals surface area contributed by atoms with Crippen LogP contribution in [0.3, 0.4) is 0 Å². The Morgan fingerprint density at radius 2 is 2.21 bits per heavy atom. The third-order valence-electron chi connectivity index (χ3n) is 3.42. The van der Waals surface area contributed by atoms with E-state index in [9.17, 15) is 4.79 Å². The first-order chi connectivity index (χ1) is 9.24.